The molecular weight excluding hydrogens is 192 g/mol. The SMILES string of the molecule is Nc1ccc(C(=O)N2CC(CO)C2)cc1. The lowest BCUT2D eigenvalue weighted by atomic mass is 10.00. The molecule has 1 aromatic rings. The zero-order valence-corrected chi connectivity index (χ0v) is 8.39. The van der Waals surface area contributed by atoms with Gasteiger partial charge in [-0.2, -0.15) is 0 Å². The minimum atomic E-state index is 0.0136. The van der Waals surface area contributed by atoms with Crippen LogP contribution in [0.3, 0.4) is 0 Å². The number of hydrogen-bond acceptors (Lipinski definition) is 3. The molecule has 0 bridgehead atoms. The average molecular weight is 206 g/mol. The van der Waals surface area contributed by atoms with Gasteiger partial charge in [0.05, 0.1) is 0 Å². The van der Waals surface area contributed by atoms with Crippen LogP contribution in [0.2, 0.25) is 0 Å². The summed E-state index contributed by atoms with van der Waals surface area (Å²) in [6, 6.07) is 6.89. The van der Waals surface area contributed by atoms with E-state index in [4.69, 9.17) is 10.8 Å². The summed E-state index contributed by atoms with van der Waals surface area (Å²) < 4.78 is 0. The topological polar surface area (TPSA) is 66.6 Å². The fraction of sp³-hybridized carbons (Fsp3) is 0.364. The number of carbonyl (C=O) groups is 1. The van der Waals surface area contributed by atoms with Crippen LogP contribution in [0.5, 0.6) is 0 Å². The average Bonchev–Trinajstić information content (AvgIpc) is 2.17. The molecule has 0 aliphatic carbocycles. The molecular formula is C11H14N2O2. The quantitative estimate of drug-likeness (QED) is 0.685. The Kier molecular flexibility index (Phi) is 2.60. The van der Waals surface area contributed by atoms with Crippen LogP contribution < -0.4 is 5.73 Å². The van der Waals surface area contributed by atoms with Gasteiger partial charge in [0.25, 0.3) is 5.91 Å². The van der Waals surface area contributed by atoms with Crippen molar-refractivity contribution >= 4 is 11.6 Å². The number of rotatable bonds is 2. The number of aliphatic hydroxyl groups is 1. The molecule has 0 radical (unpaired) electrons. The van der Waals surface area contributed by atoms with E-state index in [1.807, 2.05) is 0 Å². The third kappa shape index (κ3) is 1.94. The fourth-order valence-corrected chi connectivity index (χ4v) is 1.66. The monoisotopic (exact) mass is 206 g/mol. The van der Waals surface area contributed by atoms with E-state index in [1.54, 1.807) is 29.2 Å². The van der Waals surface area contributed by atoms with Gasteiger partial charge in [0.15, 0.2) is 0 Å². The highest BCUT2D eigenvalue weighted by molar-refractivity contribution is 5.95. The number of carbonyl (C=O) groups excluding carboxylic acids is 1. The molecule has 0 atom stereocenters. The number of amides is 1. The third-order valence-electron chi connectivity index (χ3n) is 2.66. The Morgan fingerprint density at radius 1 is 1.40 bits per heavy atom. The summed E-state index contributed by atoms with van der Waals surface area (Å²) in [7, 11) is 0. The molecule has 1 fully saturated rings. The highest BCUT2D eigenvalue weighted by Gasteiger charge is 2.30. The normalized spacial score (nSPS) is 16.2. The van der Waals surface area contributed by atoms with Gasteiger partial charge in [0.2, 0.25) is 0 Å². The van der Waals surface area contributed by atoms with Gasteiger partial charge in [-0.05, 0) is 24.3 Å². The van der Waals surface area contributed by atoms with E-state index < -0.39 is 0 Å². The van der Waals surface area contributed by atoms with Gasteiger partial charge in [-0.3, -0.25) is 4.79 Å². The van der Waals surface area contributed by atoms with Crippen molar-refractivity contribution in [3.63, 3.8) is 0 Å². The van der Waals surface area contributed by atoms with E-state index >= 15 is 0 Å². The smallest absolute Gasteiger partial charge is 0.253 e. The first kappa shape index (κ1) is 9.98. The van der Waals surface area contributed by atoms with Crippen molar-refractivity contribution in [1.82, 2.24) is 4.90 Å². The Balaban J connectivity index is 2.00. The van der Waals surface area contributed by atoms with E-state index in [2.05, 4.69) is 0 Å². The van der Waals surface area contributed by atoms with Gasteiger partial charge in [0.1, 0.15) is 0 Å². The molecule has 1 saturated heterocycles. The minimum Gasteiger partial charge on any atom is -0.399 e. The number of likely N-dealkylation sites (tertiary alicyclic amines) is 1. The highest BCUT2D eigenvalue weighted by atomic mass is 16.3. The lowest BCUT2D eigenvalue weighted by Crippen LogP contribution is -2.51. The number of hydrogen-bond donors (Lipinski definition) is 2. The summed E-state index contributed by atoms with van der Waals surface area (Å²) in [5.74, 6) is 0.266. The van der Waals surface area contributed by atoms with Crippen LogP contribution in [0.25, 0.3) is 0 Å². The van der Waals surface area contributed by atoms with Crippen molar-refractivity contribution < 1.29 is 9.90 Å². The standard InChI is InChI=1S/C11H14N2O2/c12-10-3-1-9(2-4-10)11(15)13-5-8(6-13)7-14/h1-4,8,14H,5-7,12H2. The Bertz CT molecular complexity index is 355. The third-order valence-corrected chi connectivity index (χ3v) is 2.66. The summed E-state index contributed by atoms with van der Waals surface area (Å²) in [5, 5.41) is 8.84. The van der Waals surface area contributed by atoms with Crippen molar-refractivity contribution in [3.8, 4) is 0 Å². The summed E-state index contributed by atoms with van der Waals surface area (Å²) >= 11 is 0. The molecule has 0 spiro atoms. The molecule has 0 unspecified atom stereocenters. The molecule has 2 rings (SSSR count). The van der Waals surface area contributed by atoms with Gasteiger partial charge < -0.3 is 15.7 Å². The summed E-state index contributed by atoms with van der Waals surface area (Å²) in [6.45, 7) is 1.46. The predicted octanol–water partition coefficient (Wildman–Crippen LogP) is 0.333. The van der Waals surface area contributed by atoms with Crippen molar-refractivity contribution in [2.24, 2.45) is 5.92 Å². The molecule has 3 N–H and O–H groups in total. The molecule has 4 heteroatoms. The molecule has 15 heavy (non-hydrogen) atoms. The van der Waals surface area contributed by atoms with Crippen LogP contribution in [0, 0.1) is 5.92 Å². The predicted molar refractivity (Wildman–Crippen MR) is 57.3 cm³/mol. The second-order valence-electron chi connectivity index (χ2n) is 3.88. The van der Waals surface area contributed by atoms with Crippen LogP contribution in [0.15, 0.2) is 24.3 Å². The van der Waals surface area contributed by atoms with E-state index in [1.165, 1.54) is 0 Å². The minimum absolute atomic E-state index is 0.0136. The Morgan fingerprint density at radius 2 is 2.00 bits per heavy atom. The molecule has 80 valence electrons. The maximum absolute atomic E-state index is 11.8. The maximum Gasteiger partial charge on any atom is 0.253 e. The maximum atomic E-state index is 11.8. The largest absolute Gasteiger partial charge is 0.399 e. The lowest BCUT2D eigenvalue weighted by Gasteiger charge is -2.38. The summed E-state index contributed by atoms with van der Waals surface area (Å²) in [5.41, 5.74) is 6.84. The van der Waals surface area contributed by atoms with Crippen LogP contribution in [-0.2, 0) is 0 Å². The van der Waals surface area contributed by atoms with Crippen LogP contribution in [0.4, 0.5) is 5.69 Å². The van der Waals surface area contributed by atoms with E-state index in [0.717, 1.165) is 0 Å². The number of benzene rings is 1. The second-order valence-corrected chi connectivity index (χ2v) is 3.88. The zero-order valence-electron chi connectivity index (χ0n) is 8.39. The molecule has 1 heterocycles. The molecule has 1 aromatic carbocycles. The van der Waals surface area contributed by atoms with E-state index in [9.17, 15) is 4.79 Å². The molecule has 0 saturated carbocycles. The summed E-state index contributed by atoms with van der Waals surface area (Å²) in [6.07, 6.45) is 0. The first-order valence-electron chi connectivity index (χ1n) is 4.96. The number of nitrogens with two attached hydrogens (primary N) is 1. The van der Waals surface area contributed by atoms with Gasteiger partial charge in [-0.15, -0.1) is 0 Å². The van der Waals surface area contributed by atoms with Gasteiger partial charge in [0, 0.05) is 36.9 Å². The molecule has 4 nitrogen and oxygen atoms in total. The number of nitrogen functional groups attached to an aromatic ring is 1. The molecule has 1 aliphatic rings. The zero-order chi connectivity index (χ0) is 10.8. The van der Waals surface area contributed by atoms with E-state index in [-0.39, 0.29) is 18.4 Å². The van der Waals surface area contributed by atoms with Crippen molar-refractivity contribution in [2.75, 3.05) is 25.4 Å². The van der Waals surface area contributed by atoms with Crippen molar-refractivity contribution in [2.45, 2.75) is 0 Å². The number of nitrogens with zero attached hydrogens (tertiary/aromatic N) is 1. The Hall–Kier alpha value is -1.55. The van der Waals surface area contributed by atoms with Crippen molar-refractivity contribution in [3.05, 3.63) is 29.8 Å². The Labute approximate surface area is 88.3 Å². The molecule has 1 aliphatic heterocycles. The second kappa shape index (κ2) is 3.90. The van der Waals surface area contributed by atoms with Gasteiger partial charge in [-0.1, -0.05) is 0 Å². The first-order valence-corrected chi connectivity index (χ1v) is 4.96. The van der Waals surface area contributed by atoms with Gasteiger partial charge >= 0.3 is 0 Å². The van der Waals surface area contributed by atoms with Crippen LogP contribution >= 0.6 is 0 Å². The van der Waals surface area contributed by atoms with E-state index in [0.29, 0.717) is 24.3 Å². The number of aliphatic hydroxyl groups excluding tert-OH is 1. The number of anilines is 1. The van der Waals surface area contributed by atoms with Gasteiger partial charge in [-0.25, -0.2) is 0 Å². The molecule has 0 aromatic heterocycles. The fourth-order valence-electron chi connectivity index (χ4n) is 1.66. The molecule has 1 amide bonds. The highest BCUT2D eigenvalue weighted by Crippen LogP contribution is 2.18. The lowest BCUT2D eigenvalue weighted by molar-refractivity contribution is 0.0362. The first-order chi connectivity index (χ1) is 7.20. The van der Waals surface area contributed by atoms with Crippen LogP contribution in [-0.4, -0.2) is 35.6 Å². The summed E-state index contributed by atoms with van der Waals surface area (Å²) in [4.78, 5) is 13.5. The van der Waals surface area contributed by atoms with Crippen LogP contribution in [0.1, 0.15) is 10.4 Å². The Morgan fingerprint density at radius 3 is 2.53 bits per heavy atom. The van der Waals surface area contributed by atoms with Crippen molar-refractivity contribution in [1.29, 1.82) is 0 Å².